The molecule has 8 nitrogen and oxygen atoms in total. The van der Waals surface area contributed by atoms with Gasteiger partial charge in [-0.1, -0.05) is 28.1 Å². The molecule has 3 aromatic rings. The normalized spacial score (nSPS) is 10.6. The van der Waals surface area contributed by atoms with Crippen LogP contribution in [0.15, 0.2) is 82.9 Å². The lowest BCUT2D eigenvalue weighted by Gasteiger charge is -2.11. The molecular formula is C28H27BrN2O6. The average molecular weight is 567 g/mol. The zero-order valence-corrected chi connectivity index (χ0v) is 22.1. The van der Waals surface area contributed by atoms with E-state index in [9.17, 15) is 9.59 Å². The summed E-state index contributed by atoms with van der Waals surface area (Å²) in [6.07, 6.45) is 3.87. The third-order valence-electron chi connectivity index (χ3n) is 4.94. The Bertz CT molecular complexity index is 1270. The van der Waals surface area contributed by atoms with Crippen LogP contribution in [-0.2, 0) is 11.2 Å². The summed E-state index contributed by atoms with van der Waals surface area (Å²) >= 11 is 3.39. The molecule has 0 aliphatic rings. The molecular weight excluding hydrogens is 540 g/mol. The summed E-state index contributed by atoms with van der Waals surface area (Å²) in [4.78, 5) is 24.9. The van der Waals surface area contributed by atoms with Crippen molar-refractivity contribution in [2.75, 3.05) is 20.3 Å². The first-order valence-corrected chi connectivity index (χ1v) is 12.2. The van der Waals surface area contributed by atoms with Gasteiger partial charge >= 0.3 is 5.97 Å². The molecule has 0 fully saturated rings. The summed E-state index contributed by atoms with van der Waals surface area (Å²) in [7, 11) is 1.53. The van der Waals surface area contributed by atoms with Crippen LogP contribution in [0, 0.1) is 0 Å². The number of carbonyl (C=O) groups is 2. The lowest BCUT2D eigenvalue weighted by molar-refractivity contribution is -0.123. The van der Waals surface area contributed by atoms with Crippen LogP contribution in [0.1, 0.15) is 28.4 Å². The van der Waals surface area contributed by atoms with E-state index in [1.807, 2.05) is 19.1 Å². The molecule has 0 radical (unpaired) electrons. The summed E-state index contributed by atoms with van der Waals surface area (Å²) in [6, 6.07) is 17.2. The van der Waals surface area contributed by atoms with Gasteiger partial charge in [0.25, 0.3) is 5.91 Å². The van der Waals surface area contributed by atoms with Gasteiger partial charge in [0.15, 0.2) is 18.1 Å². The Hall–Kier alpha value is -4.11. The monoisotopic (exact) mass is 566 g/mol. The Morgan fingerprint density at radius 2 is 1.76 bits per heavy atom. The van der Waals surface area contributed by atoms with Crippen LogP contribution < -0.4 is 24.4 Å². The highest BCUT2D eigenvalue weighted by atomic mass is 79.9. The minimum absolute atomic E-state index is 0.271. The van der Waals surface area contributed by atoms with E-state index in [4.69, 9.17) is 18.9 Å². The predicted octanol–water partition coefficient (Wildman–Crippen LogP) is 5.33. The maximum Gasteiger partial charge on any atom is 0.343 e. The van der Waals surface area contributed by atoms with Gasteiger partial charge in [-0.05, 0) is 73.5 Å². The van der Waals surface area contributed by atoms with E-state index in [0.717, 1.165) is 10.0 Å². The molecule has 0 aliphatic carbocycles. The fourth-order valence-electron chi connectivity index (χ4n) is 3.20. The van der Waals surface area contributed by atoms with Crippen LogP contribution in [-0.4, -0.2) is 38.4 Å². The fraction of sp³-hybridized carbons (Fsp3) is 0.179. The molecule has 0 aromatic heterocycles. The molecule has 0 spiro atoms. The third kappa shape index (κ3) is 8.22. The highest BCUT2D eigenvalue weighted by Gasteiger charge is 2.13. The highest BCUT2D eigenvalue weighted by Crippen LogP contribution is 2.28. The molecule has 0 saturated carbocycles. The number of hydrazone groups is 1. The molecule has 0 atom stereocenters. The fourth-order valence-corrected chi connectivity index (χ4v) is 3.58. The molecule has 192 valence electrons. The number of methoxy groups -OCH3 is 1. The van der Waals surface area contributed by atoms with Gasteiger partial charge < -0.3 is 18.9 Å². The van der Waals surface area contributed by atoms with Crippen molar-refractivity contribution in [1.82, 2.24) is 5.43 Å². The maximum atomic E-state index is 12.6. The number of rotatable bonds is 12. The lowest BCUT2D eigenvalue weighted by atomic mass is 10.1. The first-order valence-electron chi connectivity index (χ1n) is 11.4. The summed E-state index contributed by atoms with van der Waals surface area (Å²) in [5.41, 5.74) is 4.27. The second-order valence-corrected chi connectivity index (χ2v) is 8.50. The predicted molar refractivity (Wildman–Crippen MR) is 145 cm³/mol. The summed E-state index contributed by atoms with van der Waals surface area (Å²) in [5, 5.41) is 3.97. The Morgan fingerprint density at radius 3 is 2.46 bits per heavy atom. The second kappa shape index (κ2) is 13.8. The van der Waals surface area contributed by atoms with Crippen molar-refractivity contribution in [1.29, 1.82) is 0 Å². The van der Waals surface area contributed by atoms with Crippen LogP contribution in [0.5, 0.6) is 23.0 Å². The minimum Gasteiger partial charge on any atom is -0.494 e. The number of nitrogens with one attached hydrogen (secondary N) is 1. The van der Waals surface area contributed by atoms with E-state index < -0.39 is 11.9 Å². The Balaban J connectivity index is 1.60. The van der Waals surface area contributed by atoms with Crippen LogP contribution in [0.4, 0.5) is 0 Å². The van der Waals surface area contributed by atoms with Crippen molar-refractivity contribution >= 4 is 34.0 Å². The third-order valence-corrected chi connectivity index (χ3v) is 5.43. The molecule has 9 heteroatoms. The van der Waals surface area contributed by atoms with E-state index in [-0.39, 0.29) is 12.4 Å². The number of halogens is 1. The summed E-state index contributed by atoms with van der Waals surface area (Å²) in [5.74, 6) is 0.884. The average Bonchev–Trinajstić information content (AvgIpc) is 2.90. The number of hydrogen-bond acceptors (Lipinski definition) is 7. The molecule has 0 unspecified atom stereocenters. The van der Waals surface area contributed by atoms with Crippen molar-refractivity contribution in [3.05, 3.63) is 94.5 Å². The quantitative estimate of drug-likeness (QED) is 0.105. The van der Waals surface area contributed by atoms with Gasteiger partial charge in [0, 0.05) is 10.0 Å². The second-order valence-electron chi connectivity index (χ2n) is 7.59. The molecule has 0 saturated heterocycles. The number of allylic oxidation sites excluding steroid dienone is 1. The Labute approximate surface area is 224 Å². The van der Waals surface area contributed by atoms with Crippen molar-refractivity contribution in [3.8, 4) is 23.0 Å². The molecule has 3 rings (SSSR count). The van der Waals surface area contributed by atoms with Crippen LogP contribution >= 0.6 is 15.9 Å². The SMILES string of the molecule is C=CCc1ccc(OCC(=O)NN=Cc2cc(Br)ccc2OC(=O)c2ccc(OCC)cc2)c(OC)c1. The van der Waals surface area contributed by atoms with Crippen LogP contribution in [0.2, 0.25) is 0 Å². The van der Waals surface area contributed by atoms with E-state index in [2.05, 4.69) is 33.0 Å². The molecule has 0 heterocycles. The number of ether oxygens (including phenoxy) is 4. The lowest BCUT2D eigenvalue weighted by Crippen LogP contribution is -2.24. The van der Waals surface area contributed by atoms with E-state index in [1.54, 1.807) is 54.6 Å². The molecule has 1 N–H and O–H groups in total. The van der Waals surface area contributed by atoms with Crippen LogP contribution in [0.25, 0.3) is 0 Å². The number of amides is 1. The van der Waals surface area contributed by atoms with Gasteiger partial charge in [0.2, 0.25) is 0 Å². The van der Waals surface area contributed by atoms with Gasteiger partial charge in [-0.3, -0.25) is 4.79 Å². The molecule has 0 aliphatic heterocycles. The molecule has 37 heavy (non-hydrogen) atoms. The van der Waals surface area contributed by atoms with Gasteiger partial charge in [-0.2, -0.15) is 5.10 Å². The number of carbonyl (C=O) groups excluding carboxylic acids is 2. The van der Waals surface area contributed by atoms with Gasteiger partial charge in [-0.15, -0.1) is 6.58 Å². The summed E-state index contributed by atoms with van der Waals surface area (Å²) < 4.78 is 22.6. The Morgan fingerprint density at radius 1 is 1.00 bits per heavy atom. The molecule has 1 amide bonds. The largest absolute Gasteiger partial charge is 0.494 e. The smallest absolute Gasteiger partial charge is 0.343 e. The van der Waals surface area contributed by atoms with Crippen LogP contribution in [0.3, 0.4) is 0 Å². The molecule has 3 aromatic carbocycles. The van der Waals surface area contributed by atoms with Crippen molar-refractivity contribution in [3.63, 3.8) is 0 Å². The zero-order valence-electron chi connectivity index (χ0n) is 20.5. The van der Waals surface area contributed by atoms with Gasteiger partial charge in [0.1, 0.15) is 11.5 Å². The van der Waals surface area contributed by atoms with Crippen molar-refractivity contribution < 1.29 is 28.5 Å². The number of hydrogen-bond donors (Lipinski definition) is 1. The van der Waals surface area contributed by atoms with E-state index >= 15 is 0 Å². The molecule has 0 bridgehead atoms. The zero-order chi connectivity index (χ0) is 26.6. The topological polar surface area (TPSA) is 95.5 Å². The highest BCUT2D eigenvalue weighted by molar-refractivity contribution is 9.10. The Kier molecular flexibility index (Phi) is 10.3. The van der Waals surface area contributed by atoms with Gasteiger partial charge in [-0.25, -0.2) is 10.2 Å². The standard InChI is InChI=1S/C28H27BrN2O6/c1-4-6-19-7-13-25(26(15-19)34-3)36-18-27(32)31-30-17-21-16-22(29)10-14-24(21)37-28(33)20-8-11-23(12-9-20)35-5-2/h4,7-17H,1,5-6,18H2,2-3H3,(H,31,32). The number of esters is 1. The summed E-state index contributed by atoms with van der Waals surface area (Å²) in [6.45, 7) is 5.87. The first kappa shape index (κ1) is 27.5. The van der Waals surface area contributed by atoms with E-state index in [0.29, 0.717) is 41.4 Å². The maximum absolute atomic E-state index is 12.6. The van der Waals surface area contributed by atoms with E-state index in [1.165, 1.54) is 13.3 Å². The minimum atomic E-state index is -0.537. The van der Waals surface area contributed by atoms with Crippen molar-refractivity contribution in [2.45, 2.75) is 13.3 Å². The first-order chi connectivity index (χ1) is 17.9. The number of benzene rings is 3. The van der Waals surface area contributed by atoms with Crippen molar-refractivity contribution in [2.24, 2.45) is 5.10 Å². The van der Waals surface area contributed by atoms with Gasteiger partial charge in [0.05, 0.1) is 25.5 Å². The number of nitrogens with zero attached hydrogens (tertiary/aromatic N) is 1.